The molecule has 1 saturated carbocycles. The first-order valence-corrected chi connectivity index (χ1v) is 6.50. The van der Waals surface area contributed by atoms with Gasteiger partial charge in [0.15, 0.2) is 0 Å². The van der Waals surface area contributed by atoms with E-state index in [0.717, 1.165) is 31.4 Å². The van der Waals surface area contributed by atoms with Gasteiger partial charge in [-0.05, 0) is 72.5 Å². The highest BCUT2D eigenvalue weighted by atomic mass is 127. The molecular weight excluding hydrogens is 301 g/mol. The van der Waals surface area contributed by atoms with Crippen molar-refractivity contribution >= 4 is 22.6 Å². The van der Waals surface area contributed by atoms with E-state index in [0.29, 0.717) is 12.1 Å². The Morgan fingerprint density at radius 3 is 2.27 bits per heavy atom. The average molecular weight is 317 g/mol. The molecule has 82 valence electrons. The molecule has 0 heterocycles. The van der Waals surface area contributed by atoms with Crippen molar-refractivity contribution in [3.8, 4) is 5.75 Å². The Morgan fingerprint density at radius 2 is 1.67 bits per heavy atom. The lowest BCUT2D eigenvalue weighted by Gasteiger charge is -2.26. The van der Waals surface area contributed by atoms with Crippen LogP contribution in [-0.2, 0) is 0 Å². The van der Waals surface area contributed by atoms with Crippen LogP contribution in [0, 0.1) is 3.57 Å². The highest BCUT2D eigenvalue weighted by Crippen LogP contribution is 2.23. The Labute approximate surface area is 104 Å². The fraction of sp³-hybridized carbons (Fsp3) is 0.500. The molecule has 0 bridgehead atoms. The molecule has 1 aliphatic rings. The van der Waals surface area contributed by atoms with Crippen molar-refractivity contribution in [3.05, 3.63) is 27.8 Å². The lowest BCUT2D eigenvalue weighted by molar-refractivity contribution is 0.147. The lowest BCUT2D eigenvalue weighted by atomic mass is 9.94. The summed E-state index contributed by atoms with van der Waals surface area (Å²) in [5.41, 5.74) is 5.85. The molecule has 0 atom stereocenters. The number of halogens is 1. The summed E-state index contributed by atoms with van der Waals surface area (Å²) in [5.74, 6) is 0.982. The summed E-state index contributed by atoms with van der Waals surface area (Å²) in [6.45, 7) is 0. The van der Waals surface area contributed by atoms with Crippen LogP contribution in [-0.4, -0.2) is 12.1 Å². The molecule has 3 heteroatoms. The molecule has 0 amide bonds. The molecule has 1 fully saturated rings. The fourth-order valence-electron chi connectivity index (χ4n) is 1.91. The molecule has 0 spiro atoms. The molecule has 0 aliphatic heterocycles. The van der Waals surface area contributed by atoms with Crippen LogP contribution in [0.25, 0.3) is 0 Å². The summed E-state index contributed by atoms with van der Waals surface area (Å²) in [5, 5.41) is 0. The molecule has 15 heavy (non-hydrogen) atoms. The largest absolute Gasteiger partial charge is 0.490 e. The SMILES string of the molecule is NC1CCC(Oc2ccc(I)cc2)CC1. The third kappa shape index (κ3) is 3.34. The van der Waals surface area contributed by atoms with Crippen molar-refractivity contribution in [1.82, 2.24) is 0 Å². The Kier molecular flexibility index (Phi) is 3.86. The predicted octanol–water partition coefficient (Wildman–Crippen LogP) is 2.94. The van der Waals surface area contributed by atoms with E-state index >= 15 is 0 Å². The van der Waals surface area contributed by atoms with Crippen molar-refractivity contribution in [2.24, 2.45) is 5.73 Å². The van der Waals surface area contributed by atoms with Gasteiger partial charge in [0, 0.05) is 9.61 Å². The molecule has 0 saturated heterocycles. The fourth-order valence-corrected chi connectivity index (χ4v) is 2.27. The van der Waals surface area contributed by atoms with E-state index in [1.165, 1.54) is 3.57 Å². The van der Waals surface area contributed by atoms with Gasteiger partial charge in [-0.1, -0.05) is 0 Å². The molecular formula is C12H16INO. The van der Waals surface area contributed by atoms with Gasteiger partial charge in [-0.2, -0.15) is 0 Å². The van der Waals surface area contributed by atoms with Gasteiger partial charge >= 0.3 is 0 Å². The van der Waals surface area contributed by atoms with Crippen molar-refractivity contribution in [2.75, 3.05) is 0 Å². The molecule has 2 nitrogen and oxygen atoms in total. The van der Waals surface area contributed by atoms with Crippen LogP contribution in [0.4, 0.5) is 0 Å². The molecule has 1 aliphatic carbocycles. The van der Waals surface area contributed by atoms with Gasteiger partial charge in [0.25, 0.3) is 0 Å². The second-order valence-electron chi connectivity index (χ2n) is 4.11. The summed E-state index contributed by atoms with van der Waals surface area (Å²) < 4.78 is 7.14. The molecule has 0 aromatic heterocycles. The van der Waals surface area contributed by atoms with Gasteiger partial charge in [-0.15, -0.1) is 0 Å². The van der Waals surface area contributed by atoms with Gasteiger partial charge in [0.05, 0.1) is 6.10 Å². The van der Waals surface area contributed by atoms with Gasteiger partial charge in [0.2, 0.25) is 0 Å². The first-order valence-electron chi connectivity index (χ1n) is 5.42. The van der Waals surface area contributed by atoms with Crippen LogP contribution in [0.5, 0.6) is 5.75 Å². The Morgan fingerprint density at radius 1 is 1.07 bits per heavy atom. The highest BCUT2D eigenvalue weighted by molar-refractivity contribution is 14.1. The highest BCUT2D eigenvalue weighted by Gasteiger charge is 2.19. The topological polar surface area (TPSA) is 35.2 Å². The number of hydrogen-bond acceptors (Lipinski definition) is 2. The molecule has 2 N–H and O–H groups in total. The summed E-state index contributed by atoms with van der Waals surface area (Å²) in [4.78, 5) is 0. The van der Waals surface area contributed by atoms with Crippen LogP contribution in [0.3, 0.4) is 0 Å². The monoisotopic (exact) mass is 317 g/mol. The van der Waals surface area contributed by atoms with Crippen LogP contribution in [0.1, 0.15) is 25.7 Å². The number of hydrogen-bond donors (Lipinski definition) is 1. The molecule has 1 aromatic rings. The standard InChI is InChI=1S/C12H16INO/c13-9-1-5-11(6-2-9)15-12-7-3-10(14)4-8-12/h1-2,5-6,10,12H,3-4,7-8,14H2. The van der Waals surface area contributed by atoms with E-state index in [1.54, 1.807) is 0 Å². The molecule has 0 radical (unpaired) electrons. The Hall–Kier alpha value is -0.290. The quantitative estimate of drug-likeness (QED) is 0.851. The van der Waals surface area contributed by atoms with Crippen molar-refractivity contribution < 1.29 is 4.74 Å². The maximum Gasteiger partial charge on any atom is 0.119 e. The molecule has 2 rings (SSSR count). The van der Waals surface area contributed by atoms with E-state index in [9.17, 15) is 0 Å². The van der Waals surface area contributed by atoms with Crippen LogP contribution in [0.15, 0.2) is 24.3 Å². The first-order chi connectivity index (χ1) is 7.24. The Balaban J connectivity index is 1.89. The van der Waals surface area contributed by atoms with Gasteiger partial charge < -0.3 is 10.5 Å². The third-order valence-corrected chi connectivity index (χ3v) is 3.55. The van der Waals surface area contributed by atoms with Crippen molar-refractivity contribution in [3.63, 3.8) is 0 Å². The number of rotatable bonds is 2. The Bertz CT molecular complexity index is 304. The zero-order valence-corrected chi connectivity index (χ0v) is 10.8. The minimum Gasteiger partial charge on any atom is -0.490 e. The third-order valence-electron chi connectivity index (χ3n) is 2.84. The first kappa shape index (κ1) is 11.2. The average Bonchev–Trinajstić information content (AvgIpc) is 2.25. The maximum absolute atomic E-state index is 5.90. The predicted molar refractivity (Wildman–Crippen MR) is 70.0 cm³/mol. The van der Waals surface area contributed by atoms with E-state index < -0.39 is 0 Å². The summed E-state index contributed by atoms with van der Waals surface area (Å²) >= 11 is 2.30. The van der Waals surface area contributed by atoms with Crippen LogP contribution >= 0.6 is 22.6 Å². The van der Waals surface area contributed by atoms with Gasteiger partial charge in [-0.3, -0.25) is 0 Å². The summed E-state index contributed by atoms with van der Waals surface area (Å²) in [6.07, 6.45) is 4.73. The maximum atomic E-state index is 5.90. The zero-order valence-electron chi connectivity index (χ0n) is 8.66. The summed E-state index contributed by atoms with van der Waals surface area (Å²) in [7, 11) is 0. The van der Waals surface area contributed by atoms with Crippen molar-refractivity contribution in [2.45, 2.75) is 37.8 Å². The number of ether oxygens (including phenoxy) is 1. The number of nitrogens with two attached hydrogens (primary N) is 1. The van der Waals surface area contributed by atoms with Crippen molar-refractivity contribution in [1.29, 1.82) is 0 Å². The zero-order chi connectivity index (χ0) is 10.7. The normalized spacial score (nSPS) is 26.3. The second kappa shape index (κ2) is 5.16. The van der Waals surface area contributed by atoms with Crippen LogP contribution < -0.4 is 10.5 Å². The molecule has 0 unspecified atom stereocenters. The van der Waals surface area contributed by atoms with E-state index in [2.05, 4.69) is 34.7 Å². The number of benzene rings is 1. The molecule has 1 aromatic carbocycles. The van der Waals surface area contributed by atoms with Gasteiger partial charge in [-0.25, -0.2) is 0 Å². The minimum atomic E-state index is 0.366. The van der Waals surface area contributed by atoms with Gasteiger partial charge in [0.1, 0.15) is 5.75 Å². The second-order valence-corrected chi connectivity index (χ2v) is 5.35. The van der Waals surface area contributed by atoms with Crippen LogP contribution in [0.2, 0.25) is 0 Å². The lowest BCUT2D eigenvalue weighted by Crippen LogP contribution is -2.31. The van der Waals surface area contributed by atoms with E-state index in [1.807, 2.05) is 12.1 Å². The van der Waals surface area contributed by atoms with E-state index in [4.69, 9.17) is 10.5 Å². The summed E-state index contributed by atoms with van der Waals surface area (Å²) in [6, 6.07) is 8.61. The van der Waals surface area contributed by atoms with E-state index in [-0.39, 0.29) is 0 Å². The smallest absolute Gasteiger partial charge is 0.119 e. The minimum absolute atomic E-state index is 0.366.